The van der Waals surface area contributed by atoms with Gasteiger partial charge in [-0.15, -0.1) is 0 Å². The second-order valence-electron chi connectivity index (χ2n) is 5.99. The van der Waals surface area contributed by atoms with E-state index in [0.29, 0.717) is 22.7 Å². The Hall–Kier alpha value is -3.48. The average Bonchev–Trinajstić information content (AvgIpc) is 2.98. The number of rotatable bonds is 3. The van der Waals surface area contributed by atoms with Crippen molar-refractivity contribution in [3.63, 3.8) is 0 Å². The number of methoxy groups -OCH3 is 1. The minimum atomic E-state index is -0.251. The summed E-state index contributed by atoms with van der Waals surface area (Å²) < 4.78 is 6.78. The summed E-state index contributed by atoms with van der Waals surface area (Å²) in [5.41, 5.74) is 3.37. The van der Waals surface area contributed by atoms with E-state index in [4.69, 9.17) is 4.74 Å². The number of hydrogen-bond acceptors (Lipinski definition) is 5. The molecule has 0 aliphatic heterocycles. The number of hydrogen-bond donors (Lipinski definition) is 1. The maximum absolute atomic E-state index is 13.1. The van der Waals surface area contributed by atoms with Crippen molar-refractivity contribution in [2.24, 2.45) is 0 Å². The van der Waals surface area contributed by atoms with E-state index in [-0.39, 0.29) is 5.56 Å². The van der Waals surface area contributed by atoms with Crippen molar-refractivity contribution >= 4 is 11.0 Å². The molecule has 3 heterocycles. The van der Waals surface area contributed by atoms with Crippen molar-refractivity contribution in [3.05, 3.63) is 64.3 Å². The van der Waals surface area contributed by atoms with Gasteiger partial charge in [-0.3, -0.25) is 9.89 Å². The smallest absolute Gasteiger partial charge is 0.284 e. The van der Waals surface area contributed by atoms with E-state index in [1.54, 1.807) is 13.3 Å². The molecule has 0 aliphatic rings. The molecule has 0 aliphatic carbocycles. The first kappa shape index (κ1) is 16.0. The van der Waals surface area contributed by atoms with Crippen LogP contribution in [0.1, 0.15) is 11.4 Å². The molecular weight excluding hydrogens is 330 g/mol. The van der Waals surface area contributed by atoms with Gasteiger partial charge in [-0.1, -0.05) is 18.2 Å². The number of aromatic amines is 1. The summed E-state index contributed by atoms with van der Waals surface area (Å²) >= 11 is 0. The molecule has 7 nitrogen and oxygen atoms in total. The van der Waals surface area contributed by atoms with Crippen LogP contribution in [0.25, 0.3) is 28.1 Å². The number of nitrogens with one attached hydrogen (secondary N) is 1. The molecule has 130 valence electrons. The molecule has 0 radical (unpaired) electrons. The summed E-state index contributed by atoms with van der Waals surface area (Å²) in [5.74, 6) is 0.992. The standard InChI is InChI=1S/C19H17N5O2/c1-11-10-12(2)22-19(21-11)24-18(25)16-14(8-9-20-17(16)23-24)13-6-4-5-7-15(13)26-3/h4-10H,1-3H3,(H,20,23). The van der Waals surface area contributed by atoms with Crippen LogP contribution in [0, 0.1) is 13.8 Å². The number of H-pyrrole nitrogens is 1. The topological polar surface area (TPSA) is 85.7 Å². The van der Waals surface area contributed by atoms with Crippen LogP contribution in [-0.4, -0.2) is 31.8 Å². The number of ether oxygens (including phenoxy) is 1. The summed E-state index contributed by atoms with van der Waals surface area (Å²) in [4.78, 5) is 26.1. The molecule has 1 N–H and O–H groups in total. The van der Waals surface area contributed by atoms with Gasteiger partial charge in [0.15, 0.2) is 5.65 Å². The van der Waals surface area contributed by atoms with Crippen molar-refractivity contribution in [2.75, 3.05) is 7.11 Å². The van der Waals surface area contributed by atoms with Crippen molar-refractivity contribution < 1.29 is 4.74 Å². The van der Waals surface area contributed by atoms with Crippen molar-refractivity contribution in [1.29, 1.82) is 0 Å². The van der Waals surface area contributed by atoms with Crippen molar-refractivity contribution in [3.8, 4) is 22.8 Å². The Morgan fingerprint density at radius 3 is 2.50 bits per heavy atom. The van der Waals surface area contributed by atoms with Gasteiger partial charge in [0.2, 0.25) is 0 Å². The first-order chi connectivity index (χ1) is 12.6. The molecule has 0 atom stereocenters. The largest absolute Gasteiger partial charge is 0.496 e. The van der Waals surface area contributed by atoms with Crippen LogP contribution < -0.4 is 10.3 Å². The lowest BCUT2D eigenvalue weighted by Crippen LogP contribution is -2.18. The third-order valence-corrected chi connectivity index (χ3v) is 4.15. The highest BCUT2D eigenvalue weighted by atomic mass is 16.5. The van der Waals surface area contributed by atoms with E-state index < -0.39 is 0 Å². The van der Waals surface area contributed by atoms with Gasteiger partial charge in [0, 0.05) is 28.7 Å². The highest BCUT2D eigenvalue weighted by Crippen LogP contribution is 2.32. The van der Waals surface area contributed by atoms with Gasteiger partial charge in [-0.2, -0.15) is 4.68 Å². The summed E-state index contributed by atoms with van der Waals surface area (Å²) in [7, 11) is 1.61. The molecule has 0 fully saturated rings. The molecule has 0 bridgehead atoms. The monoisotopic (exact) mass is 347 g/mol. The van der Waals surface area contributed by atoms with Gasteiger partial charge in [0.05, 0.1) is 12.5 Å². The van der Waals surface area contributed by atoms with E-state index in [1.807, 2.05) is 50.2 Å². The van der Waals surface area contributed by atoms with Crippen molar-refractivity contribution in [1.82, 2.24) is 24.7 Å². The molecule has 26 heavy (non-hydrogen) atoms. The quantitative estimate of drug-likeness (QED) is 0.616. The molecule has 0 spiro atoms. The lowest BCUT2D eigenvalue weighted by molar-refractivity contribution is 0.416. The van der Waals surface area contributed by atoms with E-state index in [2.05, 4.69) is 20.1 Å². The number of nitrogens with zero attached hydrogens (tertiary/aromatic N) is 4. The van der Waals surface area contributed by atoms with Gasteiger partial charge in [0.1, 0.15) is 5.75 Å². The molecule has 3 aromatic heterocycles. The van der Waals surface area contributed by atoms with Gasteiger partial charge >= 0.3 is 0 Å². The minimum Gasteiger partial charge on any atom is -0.496 e. The Kier molecular flexibility index (Phi) is 3.76. The Balaban J connectivity index is 2.01. The number of aromatic nitrogens is 5. The molecule has 0 saturated carbocycles. The van der Waals surface area contributed by atoms with Crippen LogP contribution in [-0.2, 0) is 0 Å². The van der Waals surface area contributed by atoms with E-state index in [1.165, 1.54) is 4.68 Å². The Morgan fingerprint density at radius 1 is 1.04 bits per heavy atom. The van der Waals surface area contributed by atoms with Gasteiger partial charge in [-0.25, -0.2) is 15.0 Å². The predicted octanol–water partition coefficient (Wildman–Crippen LogP) is 2.80. The van der Waals surface area contributed by atoms with Crippen LogP contribution >= 0.6 is 0 Å². The average molecular weight is 347 g/mol. The van der Waals surface area contributed by atoms with Crippen LogP contribution in [0.2, 0.25) is 0 Å². The number of pyridine rings is 1. The second kappa shape index (κ2) is 6.11. The SMILES string of the molecule is COc1ccccc1-c1ccnc2[nH]n(-c3nc(C)cc(C)n3)c(=O)c12. The molecule has 0 unspecified atom stereocenters. The lowest BCUT2D eigenvalue weighted by atomic mass is 10.0. The zero-order chi connectivity index (χ0) is 18.3. The summed E-state index contributed by atoms with van der Waals surface area (Å²) in [5, 5.41) is 3.48. The Labute approximate surface area is 149 Å². The molecule has 0 saturated heterocycles. The van der Waals surface area contributed by atoms with Crippen molar-refractivity contribution in [2.45, 2.75) is 13.8 Å². The van der Waals surface area contributed by atoms with Gasteiger partial charge in [0.25, 0.3) is 11.5 Å². The molecule has 1 aromatic carbocycles. The highest BCUT2D eigenvalue weighted by Gasteiger charge is 2.18. The molecule has 4 aromatic rings. The van der Waals surface area contributed by atoms with Crippen LogP contribution in [0.4, 0.5) is 0 Å². The third kappa shape index (κ3) is 2.54. The fraction of sp³-hybridized carbons (Fsp3) is 0.158. The fourth-order valence-corrected chi connectivity index (χ4v) is 3.07. The van der Waals surface area contributed by atoms with Gasteiger partial charge < -0.3 is 4.74 Å². The number of fused-ring (bicyclic) bond motifs is 1. The van der Waals surface area contributed by atoms with Crippen LogP contribution in [0.5, 0.6) is 5.75 Å². The zero-order valence-electron chi connectivity index (χ0n) is 14.6. The first-order valence-electron chi connectivity index (χ1n) is 8.14. The fourth-order valence-electron chi connectivity index (χ4n) is 3.07. The van der Waals surface area contributed by atoms with E-state index >= 15 is 0 Å². The lowest BCUT2D eigenvalue weighted by Gasteiger charge is -2.08. The van der Waals surface area contributed by atoms with E-state index in [9.17, 15) is 4.79 Å². The Morgan fingerprint density at radius 2 is 1.77 bits per heavy atom. The summed E-state index contributed by atoms with van der Waals surface area (Å²) in [6, 6.07) is 11.2. The molecule has 0 amide bonds. The zero-order valence-corrected chi connectivity index (χ0v) is 14.6. The second-order valence-corrected chi connectivity index (χ2v) is 5.99. The number of aryl methyl sites for hydroxylation is 2. The van der Waals surface area contributed by atoms with Gasteiger partial charge in [-0.05, 0) is 32.0 Å². The minimum absolute atomic E-state index is 0.251. The molecular formula is C19H17N5O2. The maximum Gasteiger partial charge on any atom is 0.284 e. The third-order valence-electron chi connectivity index (χ3n) is 4.15. The molecule has 4 rings (SSSR count). The molecule has 7 heteroatoms. The first-order valence-corrected chi connectivity index (χ1v) is 8.14. The Bertz CT molecular complexity index is 1160. The predicted molar refractivity (Wildman–Crippen MR) is 98.7 cm³/mol. The van der Waals surface area contributed by atoms with Crippen LogP contribution in [0.3, 0.4) is 0 Å². The van der Waals surface area contributed by atoms with Crippen LogP contribution in [0.15, 0.2) is 47.4 Å². The summed E-state index contributed by atoms with van der Waals surface area (Å²) in [6.45, 7) is 3.73. The number of benzene rings is 1. The maximum atomic E-state index is 13.1. The summed E-state index contributed by atoms with van der Waals surface area (Å²) in [6.07, 6.45) is 1.66. The van der Waals surface area contributed by atoms with E-state index in [0.717, 1.165) is 22.5 Å². The highest BCUT2D eigenvalue weighted by molar-refractivity contribution is 5.93. The normalized spacial score (nSPS) is 11.0. The number of para-hydroxylation sites is 1.